The largest absolute Gasteiger partial charge is 0.486 e. The van der Waals surface area contributed by atoms with Crippen LogP contribution in [0.1, 0.15) is 22.8 Å². The fourth-order valence-corrected chi connectivity index (χ4v) is 4.06. The molecule has 0 aliphatic carbocycles. The molecule has 0 spiro atoms. The summed E-state index contributed by atoms with van der Waals surface area (Å²) >= 11 is 0. The van der Waals surface area contributed by atoms with Gasteiger partial charge in [-0.1, -0.05) is 6.07 Å². The van der Waals surface area contributed by atoms with Gasteiger partial charge in [0, 0.05) is 24.7 Å². The van der Waals surface area contributed by atoms with Gasteiger partial charge in [0.25, 0.3) is 10.0 Å². The zero-order valence-electron chi connectivity index (χ0n) is 15.1. The van der Waals surface area contributed by atoms with Crippen LogP contribution in [-0.2, 0) is 14.8 Å². The summed E-state index contributed by atoms with van der Waals surface area (Å²) in [5, 5.41) is 12.0. The lowest BCUT2D eigenvalue weighted by atomic mass is 10.1. The molecule has 0 saturated heterocycles. The van der Waals surface area contributed by atoms with Gasteiger partial charge in [0.05, 0.1) is 16.1 Å². The monoisotopic (exact) mass is 406 g/mol. The van der Waals surface area contributed by atoms with Crippen LogP contribution in [-0.4, -0.2) is 38.6 Å². The van der Waals surface area contributed by atoms with Gasteiger partial charge in [-0.25, -0.2) is 13.2 Å². The number of hydrogen-bond donors (Lipinski definition) is 3. The molecule has 3 rings (SSSR count). The molecule has 1 aliphatic heterocycles. The Labute approximate surface area is 161 Å². The van der Waals surface area contributed by atoms with Crippen molar-refractivity contribution >= 4 is 33.3 Å². The van der Waals surface area contributed by atoms with E-state index in [9.17, 15) is 23.1 Å². The molecule has 1 heterocycles. The van der Waals surface area contributed by atoms with Crippen LogP contribution < -0.4 is 19.5 Å². The van der Waals surface area contributed by atoms with E-state index in [1.807, 2.05) is 0 Å². The smallest absolute Gasteiger partial charge is 0.337 e. The lowest BCUT2D eigenvalue weighted by Gasteiger charge is -2.21. The van der Waals surface area contributed by atoms with Crippen molar-refractivity contribution in [2.75, 3.05) is 23.3 Å². The van der Waals surface area contributed by atoms with Crippen molar-refractivity contribution < 1.29 is 32.6 Å². The first-order valence-corrected chi connectivity index (χ1v) is 9.73. The fourth-order valence-electron chi connectivity index (χ4n) is 2.72. The number of ether oxygens (including phenoxy) is 2. The van der Waals surface area contributed by atoms with E-state index in [0.717, 1.165) is 0 Å². The summed E-state index contributed by atoms with van der Waals surface area (Å²) in [5.74, 6) is -1.19. The van der Waals surface area contributed by atoms with E-state index in [-0.39, 0.29) is 46.8 Å². The van der Waals surface area contributed by atoms with Crippen LogP contribution in [0.15, 0.2) is 35.2 Å². The van der Waals surface area contributed by atoms with Gasteiger partial charge in [-0.15, -0.1) is 0 Å². The van der Waals surface area contributed by atoms with E-state index in [2.05, 4.69) is 10.0 Å². The Bertz CT molecular complexity index is 1060. The van der Waals surface area contributed by atoms with Crippen LogP contribution in [0.5, 0.6) is 11.5 Å². The minimum atomic E-state index is -4.15. The SMILES string of the molecule is CC(=O)Nc1ccc(C)c(S(=O)(=O)Nc2cc3c(cc2C(=O)O)OCCO3)c1. The van der Waals surface area contributed by atoms with Crippen LogP contribution in [0.4, 0.5) is 11.4 Å². The third-order valence-electron chi connectivity index (χ3n) is 3.96. The quantitative estimate of drug-likeness (QED) is 0.694. The molecule has 3 N–H and O–H groups in total. The molecule has 9 nitrogen and oxygen atoms in total. The number of carboxylic acid groups (broad SMARTS) is 1. The number of rotatable bonds is 5. The molecule has 10 heteroatoms. The van der Waals surface area contributed by atoms with Gasteiger partial charge >= 0.3 is 5.97 Å². The standard InChI is InChI=1S/C18H18N2O7S/c1-10-3-4-12(19-11(2)21)7-17(10)28(24,25)20-14-9-16-15(26-5-6-27-16)8-13(14)18(22)23/h3-4,7-9,20H,5-6H2,1-2H3,(H,19,21)(H,22,23). The van der Waals surface area contributed by atoms with E-state index in [0.29, 0.717) is 11.3 Å². The van der Waals surface area contributed by atoms with Crippen molar-refractivity contribution in [1.82, 2.24) is 0 Å². The predicted octanol–water partition coefficient (Wildman–Crippen LogP) is 2.22. The third kappa shape index (κ3) is 4.01. The predicted molar refractivity (Wildman–Crippen MR) is 101 cm³/mol. The van der Waals surface area contributed by atoms with Gasteiger partial charge in [-0.3, -0.25) is 9.52 Å². The number of carbonyl (C=O) groups excluding carboxylic acids is 1. The van der Waals surface area contributed by atoms with Gasteiger partial charge < -0.3 is 19.9 Å². The molecule has 0 saturated carbocycles. The van der Waals surface area contributed by atoms with Gasteiger partial charge in [-0.2, -0.15) is 0 Å². The second-order valence-corrected chi connectivity index (χ2v) is 7.76. The lowest BCUT2D eigenvalue weighted by molar-refractivity contribution is -0.114. The number of nitrogens with one attached hydrogen (secondary N) is 2. The molecule has 1 aliphatic rings. The number of aromatic carboxylic acids is 1. The van der Waals surface area contributed by atoms with E-state index >= 15 is 0 Å². The van der Waals surface area contributed by atoms with Crippen molar-refractivity contribution in [2.24, 2.45) is 0 Å². The van der Waals surface area contributed by atoms with Crippen molar-refractivity contribution in [3.63, 3.8) is 0 Å². The van der Waals surface area contributed by atoms with E-state index in [1.165, 1.54) is 25.1 Å². The second kappa shape index (κ2) is 7.39. The lowest BCUT2D eigenvalue weighted by Crippen LogP contribution is -2.19. The van der Waals surface area contributed by atoms with Crippen molar-refractivity contribution in [3.05, 3.63) is 41.5 Å². The maximum absolute atomic E-state index is 12.9. The van der Waals surface area contributed by atoms with Crippen LogP contribution in [0, 0.1) is 6.92 Å². The highest BCUT2D eigenvalue weighted by Crippen LogP contribution is 2.36. The van der Waals surface area contributed by atoms with Gasteiger partial charge in [-0.05, 0) is 24.6 Å². The molecular formula is C18H18N2O7S. The first-order chi connectivity index (χ1) is 13.2. The normalized spacial score (nSPS) is 12.9. The topological polar surface area (TPSA) is 131 Å². The molecule has 0 aromatic heterocycles. The summed E-state index contributed by atoms with van der Waals surface area (Å²) in [5.41, 5.74) is 0.305. The maximum Gasteiger partial charge on any atom is 0.337 e. The van der Waals surface area contributed by atoms with Crippen molar-refractivity contribution in [3.8, 4) is 11.5 Å². The number of hydrogen-bond acceptors (Lipinski definition) is 6. The zero-order valence-corrected chi connectivity index (χ0v) is 15.9. The number of anilines is 2. The highest BCUT2D eigenvalue weighted by atomic mass is 32.2. The van der Waals surface area contributed by atoms with Gasteiger partial charge in [0.15, 0.2) is 11.5 Å². The van der Waals surface area contributed by atoms with Crippen LogP contribution >= 0.6 is 0 Å². The van der Waals surface area contributed by atoms with Gasteiger partial charge in [0.2, 0.25) is 5.91 Å². The Morgan fingerprint density at radius 3 is 2.32 bits per heavy atom. The summed E-state index contributed by atoms with van der Waals surface area (Å²) in [7, 11) is -4.15. The van der Waals surface area contributed by atoms with Crippen molar-refractivity contribution in [2.45, 2.75) is 18.7 Å². The van der Waals surface area contributed by atoms with E-state index in [4.69, 9.17) is 9.47 Å². The molecule has 2 aromatic rings. The maximum atomic E-state index is 12.9. The molecule has 28 heavy (non-hydrogen) atoms. The van der Waals surface area contributed by atoms with E-state index < -0.39 is 16.0 Å². The molecule has 0 atom stereocenters. The number of carboxylic acids is 1. The Balaban J connectivity index is 2.03. The summed E-state index contributed by atoms with van der Waals surface area (Å²) in [6.07, 6.45) is 0. The molecule has 0 fully saturated rings. The number of aryl methyl sites for hydroxylation is 1. The minimum absolute atomic E-state index is 0.0926. The van der Waals surface area contributed by atoms with Crippen LogP contribution in [0.25, 0.3) is 0 Å². The zero-order chi connectivity index (χ0) is 20.5. The average Bonchev–Trinajstić information content (AvgIpc) is 2.61. The molecule has 0 bridgehead atoms. The second-order valence-electron chi connectivity index (χ2n) is 6.11. The average molecular weight is 406 g/mol. The summed E-state index contributed by atoms with van der Waals surface area (Å²) in [4.78, 5) is 22.7. The molecular weight excluding hydrogens is 388 g/mol. The summed E-state index contributed by atoms with van der Waals surface area (Å²) in [6, 6.07) is 6.92. The molecule has 148 valence electrons. The molecule has 2 aromatic carbocycles. The number of carbonyl (C=O) groups is 2. The van der Waals surface area contributed by atoms with Crippen LogP contribution in [0.3, 0.4) is 0 Å². The Morgan fingerprint density at radius 1 is 1.07 bits per heavy atom. The van der Waals surface area contributed by atoms with E-state index in [1.54, 1.807) is 19.1 Å². The summed E-state index contributed by atoms with van der Waals surface area (Å²) < 4.78 is 38.9. The van der Waals surface area contributed by atoms with Crippen LogP contribution in [0.2, 0.25) is 0 Å². The third-order valence-corrected chi connectivity index (χ3v) is 5.46. The minimum Gasteiger partial charge on any atom is -0.486 e. The molecule has 0 unspecified atom stereocenters. The Hall–Kier alpha value is -3.27. The molecule has 0 radical (unpaired) electrons. The van der Waals surface area contributed by atoms with Crippen molar-refractivity contribution in [1.29, 1.82) is 0 Å². The molecule has 1 amide bonds. The Morgan fingerprint density at radius 2 is 1.71 bits per heavy atom. The number of fused-ring (bicyclic) bond motifs is 1. The number of amides is 1. The van der Waals surface area contributed by atoms with Gasteiger partial charge in [0.1, 0.15) is 13.2 Å². The Kier molecular flexibility index (Phi) is 5.14. The first kappa shape index (κ1) is 19.5. The highest BCUT2D eigenvalue weighted by molar-refractivity contribution is 7.92. The fraction of sp³-hybridized carbons (Fsp3) is 0.222. The first-order valence-electron chi connectivity index (χ1n) is 8.25. The summed E-state index contributed by atoms with van der Waals surface area (Å²) in [6.45, 7) is 3.43. The number of sulfonamides is 1. The highest BCUT2D eigenvalue weighted by Gasteiger charge is 2.24. The number of benzene rings is 2.